The summed E-state index contributed by atoms with van der Waals surface area (Å²) < 4.78 is 38.8. The minimum atomic E-state index is -3.21. The van der Waals surface area contributed by atoms with Gasteiger partial charge in [0.15, 0.2) is 0 Å². The molecule has 1 aromatic rings. The van der Waals surface area contributed by atoms with Crippen molar-refractivity contribution in [2.75, 3.05) is 12.8 Å². The Labute approximate surface area is 121 Å². The van der Waals surface area contributed by atoms with Gasteiger partial charge in [0.2, 0.25) is 10.0 Å². The van der Waals surface area contributed by atoms with Gasteiger partial charge in [-0.3, -0.25) is 0 Å². The molecule has 1 fully saturated rings. The molecule has 0 amide bonds. The lowest BCUT2D eigenvalue weighted by Crippen LogP contribution is -2.44. The van der Waals surface area contributed by atoms with Gasteiger partial charge in [0.25, 0.3) is 0 Å². The van der Waals surface area contributed by atoms with Crippen molar-refractivity contribution in [2.45, 2.75) is 24.9 Å². The molecule has 0 aliphatic carbocycles. The summed E-state index contributed by atoms with van der Waals surface area (Å²) in [6, 6.07) is 4.78. The van der Waals surface area contributed by atoms with E-state index >= 15 is 0 Å². The van der Waals surface area contributed by atoms with E-state index in [2.05, 4.69) is 26.0 Å². The van der Waals surface area contributed by atoms with E-state index < -0.39 is 10.0 Å². The van der Waals surface area contributed by atoms with E-state index in [-0.39, 0.29) is 17.9 Å². The molecular weight excluding hydrogens is 335 g/mol. The van der Waals surface area contributed by atoms with Crippen LogP contribution in [0, 0.1) is 5.82 Å². The Morgan fingerprint density at radius 2 is 2.26 bits per heavy atom. The second-order valence-electron chi connectivity index (χ2n) is 4.80. The lowest BCUT2D eigenvalue weighted by molar-refractivity contribution is 0.493. The van der Waals surface area contributed by atoms with E-state index in [0.717, 1.165) is 24.8 Å². The van der Waals surface area contributed by atoms with Crippen LogP contribution < -0.4 is 10.0 Å². The summed E-state index contributed by atoms with van der Waals surface area (Å²) in [6.45, 7) is 0.778. The fourth-order valence-electron chi connectivity index (χ4n) is 2.32. The highest BCUT2D eigenvalue weighted by atomic mass is 79.9. The molecule has 0 bridgehead atoms. The topological polar surface area (TPSA) is 58.2 Å². The molecular formula is C12H16BrFN2O2S. The Bertz CT molecular complexity index is 565. The van der Waals surface area contributed by atoms with Crippen molar-refractivity contribution >= 4 is 26.0 Å². The first-order chi connectivity index (χ1) is 8.85. The van der Waals surface area contributed by atoms with Gasteiger partial charge in [0.05, 0.1) is 10.7 Å². The second-order valence-corrected chi connectivity index (χ2v) is 7.43. The molecule has 2 unspecified atom stereocenters. The van der Waals surface area contributed by atoms with Crippen molar-refractivity contribution in [1.82, 2.24) is 10.0 Å². The number of sulfonamides is 1. The van der Waals surface area contributed by atoms with E-state index in [4.69, 9.17) is 0 Å². The number of hydrogen-bond donors (Lipinski definition) is 2. The summed E-state index contributed by atoms with van der Waals surface area (Å²) in [4.78, 5) is 0. The minimum absolute atomic E-state index is 0.0343. The van der Waals surface area contributed by atoms with Gasteiger partial charge < -0.3 is 5.32 Å². The van der Waals surface area contributed by atoms with Crippen molar-refractivity contribution in [1.29, 1.82) is 0 Å². The maximum atomic E-state index is 13.2. The highest BCUT2D eigenvalue weighted by Crippen LogP contribution is 2.20. The van der Waals surface area contributed by atoms with Crippen LogP contribution in [0.4, 0.5) is 4.39 Å². The molecule has 4 nitrogen and oxygen atoms in total. The van der Waals surface area contributed by atoms with Gasteiger partial charge in [-0.15, -0.1) is 0 Å². The third kappa shape index (κ3) is 4.24. The van der Waals surface area contributed by atoms with Crippen molar-refractivity contribution in [3.05, 3.63) is 34.1 Å². The Morgan fingerprint density at radius 3 is 2.89 bits per heavy atom. The minimum Gasteiger partial charge on any atom is -0.312 e. The van der Waals surface area contributed by atoms with Crippen LogP contribution in [0.1, 0.15) is 12.0 Å². The molecule has 1 saturated heterocycles. The largest absolute Gasteiger partial charge is 0.312 e. The molecule has 2 atom stereocenters. The summed E-state index contributed by atoms with van der Waals surface area (Å²) >= 11 is 3.15. The van der Waals surface area contributed by atoms with Gasteiger partial charge in [-0.25, -0.2) is 17.5 Å². The van der Waals surface area contributed by atoms with Gasteiger partial charge in [0.1, 0.15) is 5.82 Å². The monoisotopic (exact) mass is 350 g/mol. The summed E-state index contributed by atoms with van der Waals surface area (Å²) in [7, 11) is -3.21. The van der Waals surface area contributed by atoms with E-state index in [9.17, 15) is 12.8 Å². The fourth-order valence-corrected chi connectivity index (χ4v) is 3.58. The van der Waals surface area contributed by atoms with E-state index in [0.29, 0.717) is 10.9 Å². The number of rotatable bonds is 4. The fraction of sp³-hybridized carbons (Fsp3) is 0.500. The Morgan fingerprint density at radius 1 is 1.53 bits per heavy atom. The molecule has 0 aromatic heterocycles. The molecule has 1 aliphatic heterocycles. The third-order valence-corrected chi connectivity index (χ3v) is 4.49. The standard InChI is InChI=1S/C12H16BrFN2O2S/c1-19(17,18)16-11-4-5-15-12(11)7-8-2-3-10(14)9(13)6-8/h2-3,6,11-12,15-16H,4-5,7H2,1H3. The van der Waals surface area contributed by atoms with E-state index in [1.165, 1.54) is 6.07 Å². The lowest BCUT2D eigenvalue weighted by Gasteiger charge is -2.20. The predicted molar refractivity (Wildman–Crippen MR) is 76.0 cm³/mol. The molecule has 0 radical (unpaired) electrons. The smallest absolute Gasteiger partial charge is 0.209 e. The Hall–Kier alpha value is -0.500. The van der Waals surface area contributed by atoms with Crippen molar-refractivity contribution < 1.29 is 12.8 Å². The molecule has 0 saturated carbocycles. The van der Waals surface area contributed by atoms with E-state index in [1.54, 1.807) is 12.1 Å². The predicted octanol–water partition coefficient (Wildman–Crippen LogP) is 1.41. The lowest BCUT2D eigenvalue weighted by atomic mass is 10.0. The first-order valence-electron chi connectivity index (χ1n) is 6.00. The molecule has 1 aliphatic rings. The number of hydrogen-bond acceptors (Lipinski definition) is 3. The SMILES string of the molecule is CS(=O)(=O)NC1CCNC1Cc1ccc(F)c(Br)c1. The number of nitrogens with one attached hydrogen (secondary N) is 2. The van der Waals surface area contributed by atoms with Crippen LogP contribution in [0.3, 0.4) is 0 Å². The van der Waals surface area contributed by atoms with Crippen LogP contribution in [0.15, 0.2) is 22.7 Å². The molecule has 19 heavy (non-hydrogen) atoms. The van der Waals surface area contributed by atoms with Gasteiger partial charge in [-0.05, 0) is 53.0 Å². The first-order valence-corrected chi connectivity index (χ1v) is 8.68. The summed E-state index contributed by atoms with van der Waals surface area (Å²) in [5, 5.41) is 3.28. The Kier molecular flexibility index (Phi) is 4.60. The second kappa shape index (κ2) is 5.87. The normalized spacial score (nSPS) is 23.7. The zero-order chi connectivity index (χ0) is 14.0. The first kappa shape index (κ1) is 14.9. The Balaban J connectivity index is 2.07. The number of benzene rings is 1. The van der Waals surface area contributed by atoms with Crippen molar-refractivity contribution in [3.63, 3.8) is 0 Å². The third-order valence-electron chi connectivity index (χ3n) is 3.15. The molecule has 2 rings (SSSR count). The summed E-state index contributed by atoms with van der Waals surface area (Å²) in [5.74, 6) is -0.297. The van der Waals surface area contributed by atoms with Crippen LogP contribution in [0.5, 0.6) is 0 Å². The van der Waals surface area contributed by atoms with Gasteiger partial charge in [-0.2, -0.15) is 0 Å². The zero-order valence-corrected chi connectivity index (χ0v) is 12.9. The summed E-state index contributed by atoms with van der Waals surface area (Å²) in [5.41, 5.74) is 0.966. The van der Waals surface area contributed by atoms with Crippen LogP contribution in [-0.4, -0.2) is 33.3 Å². The molecule has 1 aromatic carbocycles. The molecule has 0 spiro atoms. The highest BCUT2D eigenvalue weighted by Gasteiger charge is 2.29. The average Bonchev–Trinajstić information content (AvgIpc) is 2.69. The van der Waals surface area contributed by atoms with Crippen LogP contribution in [0.2, 0.25) is 0 Å². The summed E-state index contributed by atoms with van der Waals surface area (Å²) in [6.07, 6.45) is 2.59. The molecule has 1 heterocycles. The maximum Gasteiger partial charge on any atom is 0.209 e. The molecule has 7 heteroatoms. The average molecular weight is 351 g/mol. The van der Waals surface area contributed by atoms with Gasteiger partial charge >= 0.3 is 0 Å². The highest BCUT2D eigenvalue weighted by molar-refractivity contribution is 9.10. The molecule has 106 valence electrons. The zero-order valence-electron chi connectivity index (χ0n) is 10.5. The van der Waals surface area contributed by atoms with Gasteiger partial charge in [-0.1, -0.05) is 6.07 Å². The quantitative estimate of drug-likeness (QED) is 0.863. The van der Waals surface area contributed by atoms with Crippen molar-refractivity contribution in [3.8, 4) is 0 Å². The van der Waals surface area contributed by atoms with Crippen LogP contribution >= 0.6 is 15.9 Å². The van der Waals surface area contributed by atoms with Crippen LogP contribution in [-0.2, 0) is 16.4 Å². The van der Waals surface area contributed by atoms with Gasteiger partial charge in [0, 0.05) is 12.1 Å². The van der Waals surface area contributed by atoms with E-state index in [1.807, 2.05) is 0 Å². The molecule has 2 N–H and O–H groups in total. The van der Waals surface area contributed by atoms with Crippen LogP contribution in [0.25, 0.3) is 0 Å². The number of halogens is 2. The maximum absolute atomic E-state index is 13.2. The van der Waals surface area contributed by atoms with Crippen molar-refractivity contribution in [2.24, 2.45) is 0 Å².